The number of hydrogen-bond donors (Lipinski definition) is 1. The second-order valence-corrected chi connectivity index (χ2v) is 4.42. The summed E-state index contributed by atoms with van der Waals surface area (Å²) in [4.78, 5) is 13.8. The maximum atomic E-state index is 12.2. The van der Waals surface area contributed by atoms with Crippen LogP contribution in [0.1, 0.15) is 11.6 Å². The number of nitrogens with two attached hydrogens (primary N) is 1. The molecule has 1 unspecified atom stereocenters. The van der Waals surface area contributed by atoms with Crippen LogP contribution in [0.4, 0.5) is 0 Å². The van der Waals surface area contributed by atoms with Gasteiger partial charge in [-0.25, -0.2) is 0 Å². The molecule has 0 aliphatic heterocycles. The monoisotopic (exact) mass is 258 g/mol. The smallest absolute Gasteiger partial charge is 0.243 e. The Kier molecular flexibility index (Phi) is 4.30. The van der Waals surface area contributed by atoms with Gasteiger partial charge in [0.25, 0.3) is 0 Å². The first-order valence-corrected chi connectivity index (χ1v) is 6.21. The Labute approximate surface area is 112 Å². The quantitative estimate of drug-likeness (QED) is 0.871. The molecular weight excluding hydrogens is 240 g/mol. The first kappa shape index (κ1) is 13.3. The van der Waals surface area contributed by atoms with Crippen molar-refractivity contribution in [1.29, 1.82) is 0 Å². The summed E-state index contributed by atoms with van der Waals surface area (Å²) in [7, 11) is 1.76. The van der Waals surface area contributed by atoms with Crippen molar-refractivity contribution < 1.29 is 4.79 Å². The molecule has 1 aromatic heterocycles. The zero-order chi connectivity index (χ0) is 13.7. The minimum atomic E-state index is -0.608. The summed E-state index contributed by atoms with van der Waals surface area (Å²) >= 11 is 0. The average Bonchev–Trinajstić information content (AvgIpc) is 2.97. The van der Waals surface area contributed by atoms with Crippen LogP contribution < -0.4 is 5.73 Å². The van der Waals surface area contributed by atoms with Crippen molar-refractivity contribution in [2.75, 3.05) is 13.6 Å². The maximum Gasteiger partial charge on any atom is 0.243 e. The molecule has 19 heavy (non-hydrogen) atoms. The van der Waals surface area contributed by atoms with Gasteiger partial charge in [0, 0.05) is 26.0 Å². The van der Waals surface area contributed by atoms with Crippen LogP contribution in [-0.2, 0) is 11.3 Å². The molecule has 0 bridgehead atoms. The van der Waals surface area contributed by atoms with E-state index in [1.807, 2.05) is 42.6 Å². The van der Waals surface area contributed by atoms with Crippen molar-refractivity contribution in [3.63, 3.8) is 0 Å². The number of likely N-dealkylation sites (N-methyl/N-ethyl adjacent to an activating group) is 1. The largest absolute Gasteiger partial charge is 0.342 e. The van der Waals surface area contributed by atoms with Crippen molar-refractivity contribution in [3.8, 4) is 0 Å². The van der Waals surface area contributed by atoms with Crippen molar-refractivity contribution in [1.82, 2.24) is 14.7 Å². The molecule has 2 rings (SSSR count). The van der Waals surface area contributed by atoms with Crippen molar-refractivity contribution in [2.45, 2.75) is 12.6 Å². The van der Waals surface area contributed by atoms with Crippen LogP contribution in [0.2, 0.25) is 0 Å². The van der Waals surface area contributed by atoms with E-state index >= 15 is 0 Å². The van der Waals surface area contributed by atoms with Gasteiger partial charge in [-0.2, -0.15) is 5.10 Å². The van der Waals surface area contributed by atoms with E-state index < -0.39 is 6.04 Å². The first-order chi connectivity index (χ1) is 9.18. The Hall–Kier alpha value is -2.14. The third kappa shape index (κ3) is 3.42. The SMILES string of the molecule is CN(CCn1cccn1)C(=O)C(N)c1ccccc1. The molecule has 0 fully saturated rings. The number of rotatable bonds is 5. The third-order valence-corrected chi connectivity index (χ3v) is 3.02. The summed E-state index contributed by atoms with van der Waals surface area (Å²) in [5.74, 6) is -0.0849. The lowest BCUT2D eigenvalue weighted by Gasteiger charge is -2.21. The molecule has 1 heterocycles. The van der Waals surface area contributed by atoms with E-state index in [0.29, 0.717) is 13.1 Å². The molecule has 0 saturated heterocycles. The van der Waals surface area contributed by atoms with Crippen molar-refractivity contribution in [2.24, 2.45) is 5.73 Å². The topological polar surface area (TPSA) is 64.2 Å². The highest BCUT2D eigenvalue weighted by atomic mass is 16.2. The van der Waals surface area contributed by atoms with Crippen LogP contribution in [0.5, 0.6) is 0 Å². The highest BCUT2D eigenvalue weighted by molar-refractivity contribution is 5.82. The van der Waals surface area contributed by atoms with Gasteiger partial charge in [-0.3, -0.25) is 9.48 Å². The lowest BCUT2D eigenvalue weighted by molar-refractivity contribution is -0.131. The van der Waals surface area contributed by atoms with E-state index in [-0.39, 0.29) is 5.91 Å². The Morgan fingerprint density at radius 2 is 2.11 bits per heavy atom. The number of carbonyl (C=O) groups excluding carboxylic acids is 1. The maximum absolute atomic E-state index is 12.2. The molecule has 0 radical (unpaired) electrons. The number of benzene rings is 1. The molecule has 5 heteroatoms. The molecule has 1 amide bonds. The molecule has 0 aliphatic carbocycles. The van der Waals surface area contributed by atoms with Gasteiger partial charge in [0.05, 0.1) is 6.54 Å². The molecule has 5 nitrogen and oxygen atoms in total. The summed E-state index contributed by atoms with van der Waals surface area (Å²) < 4.78 is 1.79. The van der Waals surface area contributed by atoms with Gasteiger partial charge in [-0.05, 0) is 11.6 Å². The molecule has 1 aromatic carbocycles. The van der Waals surface area contributed by atoms with Crippen LogP contribution in [0.15, 0.2) is 48.8 Å². The van der Waals surface area contributed by atoms with Gasteiger partial charge in [0.1, 0.15) is 6.04 Å². The number of hydrogen-bond acceptors (Lipinski definition) is 3. The summed E-state index contributed by atoms with van der Waals surface area (Å²) in [6.07, 6.45) is 3.59. The number of amides is 1. The normalized spacial score (nSPS) is 12.1. The van der Waals surface area contributed by atoms with Crippen LogP contribution in [0.25, 0.3) is 0 Å². The molecule has 2 N–H and O–H groups in total. The number of aromatic nitrogens is 2. The molecule has 0 spiro atoms. The summed E-state index contributed by atoms with van der Waals surface area (Å²) in [6, 6.07) is 10.6. The Bertz CT molecular complexity index is 510. The lowest BCUT2D eigenvalue weighted by atomic mass is 10.1. The van der Waals surface area contributed by atoms with E-state index in [1.165, 1.54) is 0 Å². The Morgan fingerprint density at radius 3 is 2.74 bits per heavy atom. The van der Waals surface area contributed by atoms with E-state index in [1.54, 1.807) is 22.8 Å². The first-order valence-electron chi connectivity index (χ1n) is 6.21. The van der Waals surface area contributed by atoms with Gasteiger partial charge < -0.3 is 10.6 Å². The minimum Gasteiger partial charge on any atom is -0.342 e. The van der Waals surface area contributed by atoms with Crippen molar-refractivity contribution in [3.05, 3.63) is 54.4 Å². The standard InChI is InChI=1S/C14H18N4O/c1-17(10-11-18-9-5-8-16-18)14(19)13(15)12-6-3-2-4-7-12/h2-9,13H,10-11,15H2,1H3. The zero-order valence-corrected chi connectivity index (χ0v) is 10.9. The highest BCUT2D eigenvalue weighted by Gasteiger charge is 2.19. The molecule has 100 valence electrons. The summed E-state index contributed by atoms with van der Waals surface area (Å²) in [6.45, 7) is 1.25. The second-order valence-electron chi connectivity index (χ2n) is 4.42. The van der Waals surface area contributed by atoms with Crippen molar-refractivity contribution >= 4 is 5.91 Å². The average molecular weight is 258 g/mol. The number of carbonyl (C=O) groups is 1. The van der Waals surface area contributed by atoms with E-state index in [4.69, 9.17) is 5.73 Å². The third-order valence-electron chi connectivity index (χ3n) is 3.02. The second kappa shape index (κ2) is 6.15. The molecule has 0 aliphatic rings. The molecule has 2 aromatic rings. The van der Waals surface area contributed by atoms with Gasteiger partial charge in [-0.1, -0.05) is 30.3 Å². The molecular formula is C14H18N4O. The molecule has 0 saturated carbocycles. The Balaban J connectivity index is 1.91. The van der Waals surface area contributed by atoms with Crippen LogP contribution in [-0.4, -0.2) is 34.2 Å². The Morgan fingerprint density at radius 1 is 1.37 bits per heavy atom. The van der Waals surface area contributed by atoms with Gasteiger partial charge in [0.2, 0.25) is 5.91 Å². The van der Waals surface area contributed by atoms with E-state index in [0.717, 1.165) is 5.56 Å². The fourth-order valence-corrected chi connectivity index (χ4v) is 1.84. The van der Waals surface area contributed by atoms with Gasteiger partial charge in [0.15, 0.2) is 0 Å². The van der Waals surface area contributed by atoms with E-state index in [2.05, 4.69) is 5.10 Å². The van der Waals surface area contributed by atoms with Crippen LogP contribution in [0.3, 0.4) is 0 Å². The van der Waals surface area contributed by atoms with Crippen LogP contribution >= 0.6 is 0 Å². The molecule has 1 atom stereocenters. The summed E-state index contributed by atoms with van der Waals surface area (Å²) in [5, 5.41) is 4.10. The van der Waals surface area contributed by atoms with Gasteiger partial charge >= 0.3 is 0 Å². The summed E-state index contributed by atoms with van der Waals surface area (Å²) in [5.41, 5.74) is 6.81. The fraction of sp³-hybridized carbons (Fsp3) is 0.286. The fourth-order valence-electron chi connectivity index (χ4n) is 1.84. The van der Waals surface area contributed by atoms with Gasteiger partial charge in [-0.15, -0.1) is 0 Å². The zero-order valence-electron chi connectivity index (χ0n) is 10.9. The highest BCUT2D eigenvalue weighted by Crippen LogP contribution is 2.11. The minimum absolute atomic E-state index is 0.0849. The lowest BCUT2D eigenvalue weighted by Crippen LogP contribution is -2.37. The predicted octanol–water partition coefficient (Wildman–Crippen LogP) is 1.04. The number of nitrogens with zero attached hydrogens (tertiary/aromatic N) is 3. The van der Waals surface area contributed by atoms with E-state index in [9.17, 15) is 4.79 Å². The van der Waals surface area contributed by atoms with Crippen LogP contribution in [0, 0.1) is 0 Å². The predicted molar refractivity (Wildman–Crippen MR) is 73.2 cm³/mol.